The van der Waals surface area contributed by atoms with Gasteiger partial charge in [0.1, 0.15) is 5.70 Å². The Morgan fingerprint density at radius 3 is 2.40 bits per heavy atom. The van der Waals surface area contributed by atoms with Gasteiger partial charge in [0.15, 0.2) is 23.0 Å². The molecule has 1 aliphatic rings. The fourth-order valence-electron chi connectivity index (χ4n) is 3.97. The Bertz CT molecular complexity index is 1740. The molecular formula is C32H24ClN3O7. The van der Waals surface area contributed by atoms with E-state index in [1.807, 2.05) is 0 Å². The number of hydrazone groups is 1. The van der Waals surface area contributed by atoms with E-state index in [0.717, 1.165) is 0 Å². The highest BCUT2D eigenvalue weighted by atomic mass is 35.5. The smallest absolute Gasteiger partial charge is 0.345 e. The van der Waals surface area contributed by atoms with Crippen molar-refractivity contribution in [1.82, 2.24) is 10.7 Å². The molecule has 1 aliphatic heterocycles. The monoisotopic (exact) mass is 597 g/mol. The van der Waals surface area contributed by atoms with E-state index in [4.69, 9.17) is 30.5 Å². The highest BCUT2D eigenvalue weighted by Crippen LogP contribution is 2.33. The molecule has 216 valence electrons. The van der Waals surface area contributed by atoms with Gasteiger partial charge in [0.2, 0.25) is 6.79 Å². The summed E-state index contributed by atoms with van der Waals surface area (Å²) in [6.45, 7) is 0.102. The summed E-state index contributed by atoms with van der Waals surface area (Å²) in [6, 6.07) is 24.9. The summed E-state index contributed by atoms with van der Waals surface area (Å²) in [4.78, 5) is 38.6. The van der Waals surface area contributed by atoms with Gasteiger partial charge in [-0.3, -0.25) is 9.59 Å². The third-order valence-corrected chi connectivity index (χ3v) is 6.43. The standard InChI is InChI=1S/C32H24ClN3O7/c1-40-28-17-21(12-14-27(28)43-32(39)23-9-5-6-10-24(23)33)18-34-36-31(38)25(35-30(37)22-7-3-2-4-8-22)15-20-11-13-26-29(16-20)42-19-41-26/h2-18H,19H2,1H3,(H,35,37)(H,36,38)/b25-15+,34-18-. The number of halogens is 1. The second-order valence-corrected chi connectivity index (χ2v) is 9.38. The average Bonchev–Trinajstić information content (AvgIpc) is 3.50. The Kier molecular flexibility index (Phi) is 8.99. The fourth-order valence-corrected chi connectivity index (χ4v) is 4.18. The minimum absolute atomic E-state index is 0.0516. The molecule has 10 nitrogen and oxygen atoms in total. The van der Waals surface area contributed by atoms with Gasteiger partial charge in [-0.25, -0.2) is 10.2 Å². The summed E-state index contributed by atoms with van der Waals surface area (Å²) < 4.78 is 21.6. The van der Waals surface area contributed by atoms with Crippen LogP contribution in [0.15, 0.2) is 102 Å². The molecule has 0 aliphatic carbocycles. The fraction of sp³-hybridized carbons (Fsp3) is 0.0625. The normalized spacial score (nSPS) is 12.1. The summed E-state index contributed by atoms with van der Waals surface area (Å²) in [5.41, 5.74) is 4.08. The SMILES string of the molecule is COc1cc(/C=N\NC(=O)/C(=C\c2ccc3c(c2)OCO3)NC(=O)c2ccccc2)ccc1OC(=O)c1ccccc1Cl. The Morgan fingerprint density at radius 1 is 0.860 bits per heavy atom. The van der Waals surface area contributed by atoms with Crippen molar-refractivity contribution in [2.75, 3.05) is 13.9 Å². The van der Waals surface area contributed by atoms with Crippen LogP contribution in [0.1, 0.15) is 31.8 Å². The number of nitrogens with one attached hydrogen (secondary N) is 2. The van der Waals surface area contributed by atoms with Gasteiger partial charge in [-0.15, -0.1) is 0 Å². The van der Waals surface area contributed by atoms with Crippen LogP contribution in [0.5, 0.6) is 23.0 Å². The number of hydrogen-bond acceptors (Lipinski definition) is 8. The molecule has 0 unspecified atom stereocenters. The van der Waals surface area contributed by atoms with E-state index in [2.05, 4.69) is 15.8 Å². The van der Waals surface area contributed by atoms with Crippen LogP contribution in [-0.2, 0) is 4.79 Å². The maximum absolute atomic E-state index is 13.1. The topological polar surface area (TPSA) is 125 Å². The first kappa shape index (κ1) is 28.9. The molecule has 2 N–H and O–H groups in total. The lowest BCUT2D eigenvalue weighted by Gasteiger charge is -2.11. The molecule has 0 aromatic heterocycles. The van der Waals surface area contributed by atoms with Crippen LogP contribution >= 0.6 is 11.6 Å². The molecule has 11 heteroatoms. The first-order chi connectivity index (χ1) is 20.9. The van der Waals surface area contributed by atoms with Gasteiger partial charge in [0.05, 0.1) is 23.9 Å². The molecule has 0 saturated heterocycles. The Morgan fingerprint density at radius 2 is 1.60 bits per heavy atom. The van der Waals surface area contributed by atoms with E-state index in [-0.39, 0.29) is 34.6 Å². The van der Waals surface area contributed by atoms with E-state index in [1.54, 1.807) is 84.9 Å². The second kappa shape index (κ2) is 13.4. The number of benzene rings is 4. The van der Waals surface area contributed by atoms with Crippen molar-refractivity contribution in [2.24, 2.45) is 5.10 Å². The lowest BCUT2D eigenvalue weighted by molar-refractivity contribution is -0.117. The molecule has 0 saturated carbocycles. The van der Waals surface area contributed by atoms with Crippen LogP contribution in [-0.4, -0.2) is 37.9 Å². The van der Waals surface area contributed by atoms with E-state index in [9.17, 15) is 14.4 Å². The van der Waals surface area contributed by atoms with Crippen LogP contribution in [0.3, 0.4) is 0 Å². The van der Waals surface area contributed by atoms with E-state index in [0.29, 0.717) is 28.2 Å². The molecule has 0 atom stereocenters. The van der Waals surface area contributed by atoms with Crippen molar-refractivity contribution >= 4 is 41.7 Å². The van der Waals surface area contributed by atoms with Crippen molar-refractivity contribution in [2.45, 2.75) is 0 Å². The van der Waals surface area contributed by atoms with Gasteiger partial charge in [0, 0.05) is 5.56 Å². The number of esters is 1. The zero-order chi connectivity index (χ0) is 30.2. The minimum atomic E-state index is -0.671. The molecular weight excluding hydrogens is 574 g/mol. The quantitative estimate of drug-likeness (QED) is 0.0891. The second-order valence-electron chi connectivity index (χ2n) is 8.97. The number of nitrogens with zero attached hydrogens (tertiary/aromatic N) is 1. The summed E-state index contributed by atoms with van der Waals surface area (Å²) in [5, 5.41) is 6.93. The number of methoxy groups -OCH3 is 1. The van der Waals surface area contributed by atoms with E-state index < -0.39 is 17.8 Å². The number of fused-ring (bicyclic) bond motifs is 1. The molecule has 4 aromatic carbocycles. The summed E-state index contributed by atoms with van der Waals surface area (Å²) in [6.07, 6.45) is 2.87. The van der Waals surface area contributed by atoms with Crippen LogP contribution in [0.25, 0.3) is 6.08 Å². The van der Waals surface area contributed by atoms with Gasteiger partial charge in [0.25, 0.3) is 11.8 Å². The highest BCUT2D eigenvalue weighted by molar-refractivity contribution is 6.33. The zero-order valence-corrected chi connectivity index (χ0v) is 23.5. The van der Waals surface area contributed by atoms with Crippen molar-refractivity contribution in [3.63, 3.8) is 0 Å². The Labute approximate surface area is 251 Å². The minimum Gasteiger partial charge on any atom is -0.493 e. The van der Waals surface area contributed by atoms with Gasteiger partial charge >= 0.3 is 5.97 Å². The molecule has 1 heterocycles. The largest absolute Gasteiger partial charge is 0.493 e. The first-order valence-corrected chi connectivity index (χ1v) is 13.2. The van der Waals surface area contributed by atoms with Crippen LogP contribution < -0.4 is 29.7 Å². The third kappa shape index (κ3) is 7.19. The molecule has 0 spiro atoms. The Hall–Kier alpha value is -5.61. The van der Waals surface area contributed by atoms with Gasteiger partial charge in [-0.2, -0.15) is 5.10 Å². The predicted octanol–water partition coefficient (Wildman–Crippen LogP) is 5.22. The number of carbonyl (C=O) groups is 3. The van der Waals surface area contributed by atoms with Gasteiger partial charge < -0.3 is 24.3 Å². The first-order valence-electron chi connectivity index (χ1n) is 12.9. The van der Waals surface area contributed by atoms with Crippen molar-refractivity contribution in [3.05, 3.63) is 124 Å². The van der Waals surface area contributed by atoms with Crippen LogP contribution in [0.4, 0.5) is 0 Å². The molecule has 43 heavy (non-hydrogen) atoms. The Balaban J connectivity index is 1.31. The zero-order valence-electron chi connectivity index (χ0n) is 22.7. The number of ether oxygens (including phenoxy) is 4. The number of amides is 2. The number of rotatable bonds is 9. The lowest BCUT2D eigenvalue weighted by Crippen LogP contribution is -2.32. The highest BCUT2D eigenvalue weighted by Gasteiger charge is 2.18. The van der Waals surface area contributed by atoms with Crippen molar-refractivity contribution in [1.29, 1.82) is 0 Å². The predicted molar refractivity (Wildman–Crippen MR) is 160 cm³/mol. The number of carbonyl (C=O) groups excluding carboxylic acids is 3. The van der Waals surface area contributed by atoms with Gasteiger partial charge in [-0.05, 0) is 71.8 Å². The van der Waals surface area contributed by atoms with Crippen molar-refractivity contribution in [3.8, 4) is 23.0 Å². The molecule has 0 bridgehead atoms. The summed E-state index contributed by atoms with van der Waals surface area (Å²) in [5.74, 6) is -0.247. The van der Waals surface area contributed by atoms with E-state index >= 15 is 0 Å². The summed E-state index contributed by atoms with van der Waals surface area (Å²) in [7, 11) is 1.42. The van der Waals surface area contributed by atoms with Crippen LogP contribution in [0, 0.1) is 0 Å². The van der Waals surface area contributed by atoms with Gasteiger partial charge in [-0.1, -0.05) is 48.0 Å². The third-order valence-electron chi connectivity index (χ3n) is 6.10. The molecule has 0 radical (unpaired) electrons. The molecule has 0 fully saturated rings. The number of hydrogen-bond donors (Lipinski definition) is 2. The van der Waals surface area contributed by atoms with Crippen molar-refractivity contribution < 1.29 is 33.3 Å². The maximum atomic E-state index is 13.1. The summed E-state index contributed by atoms with van der Waals surface area (Å²) >= 11 is 6.09. The maximum Gasteiger partial charge on any atom is 0.345 e. The molecule has 4 aromatic rings. The average molecular weight is 598 g/mol. The van der Waals surface area contributed by atoms with E-state index in [1.165, 1.54) is 25.5 Å². The molecule has 2 amide bonds. The lowest BCUT2D eigenvalue weighted by atomic mass is 10.1. The molecule has 5 rings (SSSR count). The van der Waals surface area contributed by atoms with Crippen LogP contribution in [0.2, 0.25) is 5.02 Å².